The highest BCUT2D eigenvalue weighted by molar-refractivity contribution is 5.98. The molecule has 0 aromatic heterocycles. The quantitative estimate of drug-likeness (QED) is 0.504. The lowest BCUT2D eigenvalue weighted by Crippen LogP contribution is -2.41. The largest absolute Gasteiger partial charge is 0.294 e. The molecule has 1 fully saturated rings. The molecule has 1 rings (SSSR count). The molecule has 0 bridgehead atoms. The maximum absolute atomic E-state index is 12.4. The number of rotatable bonds is 2. The van der Waals surface area contributed by atoms with Gasteiger partial charge in [-0.15, -0.1) is 0 Å². The molecule has 2 atom stereocenters. The Kier molecular flexibility index (Phi) is 3.77. The fraction of sp³-hybridized carbons (Fsp3) is 0.667. The van der Waals surface area contributed by atoms with Gasteiger partial charge < -0.3 is 0 Å². The van der Waals surface area contributed by atoms with Crippen molar-refractivity contribution in [3.05, 3.63) is 23.8 Å². The van der Waals surface area contributed by atoms with E-state index in [0.29, 0.717) is 5.92 Å². The molecule has 1 nitrogen and oxygen atoms in total. The zero-order valence-corrected chi connectivity index (χ0v) is 11.3. The Balaban J connectivity index is 3.07. The first kappa shape index (κ1) is 13.2. The van der Waals surface area contributed by atoms with Gasteiger partial charge in [-0.3, -0.25) is 4.79 Å². The summed E-state index contributed by atoms with van der Waals surface area (Å²) in [6.45, 7) is 14.6. The van der Waals surface area contributed by atoms with Crippen molar-refractivity contribution in [1.82, 2.24) is 0 Å². The molecular formula is C15H24O. The lowest BCUT2D eigenvalue weighted by molar-refractivity contribution is -0.123. The van der Waals surface area contributed by atoms with Gasteiger partial charge in [0.2, 0.25) is 0 Å². The third-order valence-corrected chi connectivity index (χ3v) is 4.40. The van der Waals surface area contributed by atoms with Crippen molar-refractivity contribution in [3.63, 3.8) is 0 Å². The van der Waals surface area contributed by atoms with E-state index in [0.717, 1.165) is 24.0 Å². The van der Waals surface area contributed by atoms with E-state index in [-0.39, 0.29) is 17.1 Å². The second-order valence-electron chi connectivity index (χ2n) is 5.69. The predicted molar refractivity (Wildman–Crippen MR) is 69.2 cm³/mol. The molecule has 0 spiro atoms. The molecule has 0 radical (unpaired) electrons. The van der Waals surface area contributed by atoms with Crippen molar-refractivity contribution >= 4 is 5.78 Å². The van der Waals surface area contributed by atoms with Crippen LogP contribution in [0.1, 0.15) is 47.5 Å². The molecule has 16 heavy (non-hydrogen) atoms. The van der Waals surface area contributed by atoms with Crippen molar-refractivity contribution in [2.24, 2.45) is 17.3 Å². The van der Waals surface area contributed by atoms with E-state index >= 15 is 0 Å². The monoisotopic (exact) mass is 220 g/mol. The molecule has 0 heterocycles. The average molecular weight is 220 g/mol. The van der Waals surface area contributed by atoms with E-state index in [1.54, 1.807) is 0 Å². The minimum absolute atomic E-state index is 0.00690. The summed E-state index contributed by atoms with van der Waals surface area (Å²) in [5.74, 6) is 0.855. The predicted octanol–water partition coefficient (Wildman–Crippen LogP) is 4.15. The number of carbonyl (C=O) groups is 1. The van der Waals surface area contributed by atoms with Crippen molar-refractivity contribution in [1.29, 1.82) is 0 Å². The van der Waals surface area contributed by atoms with E-state index in [2.05, 4.69) is 27.4 Å². The highest BCUT2D eigenvalue weighted by Crippen LogP contribution is 2.48. The highest BCUT2D eigenvalue weighted by Gasteiger charge is 2.43. The maximum atomic E-state index is 12.4. The van der Waals surface area contributed by atoms with Crippen LogP contribution < -0.4 is 0 Å². The summed E-state index contributed by atoms with van der Waals surface area (Å²) in [5, 5.41) is 0. The van der Waals surface area contributed by atoms with Crippen LogP contribution in [0.5, 0.6) is 0 Å². The molecule has 0 aliphatic heterocycles. The van der Waals surface area contributed by atoms with Gasteiger partial charge in [0.1, 0.15) is 0 Å². The number of ketones is 1. The Morgan fingerprint density at radius 1 is 1.50 bits per heavy atom. The Bertz CT molecular complexity index is 333. The first-order valence-corrected chi connectivity index (χ1v) is 6.17. The zero-order valence-electron chi connectivity index (χ0n) is 11.3. The van der Waals surface area contributed by atoms with Crippen LogP contribution in [0.15, 0.2) is 23.8 Å². The van der Waals surface area contributed by atoms with E-state index in [1.165, 1.54) is 0 Å². The SMILES string of the molecule is C=C1CC[C@H](C)C(C)(C)[C@H]1C(=O)C(C)=CC. The Morgan fingerprint density at radius 3 is 2.56 bits per heavy atom. The standard InChI is InChI=1S/C15H24O/c1-7-10(2)14(16)13-11(3)8-9-12(4)15(13,5)6/h7,12-13H,3,8-9H2,1-2,4-6H3/t12-,13+/m0/s1. The molecular weight excluding hydrogens is 196 g/mol. The van der Waals surface area contributed by atoms with Crippen LogP contribution in [-0.2, 0) is 4.79 Å². The second kappa shape index (κ2) is 4.57. The van der Waals surface area contributed by atoms with Crippen LogP contribution in [0.25, 0.3) is 0 Å². The van der Waals surface area contributed by atoms with Gasteiger partial charge in [0.15, 0.2) is 5.78 Å². The topological polar surface area (TPSA) is 17.1 Å². The fourth-order valence-corrected chi connectivity index (χ4v) is 2.62. The summed E-state index contributed by atoms with van der Waals surface area (Å²) >= 11 is 0. The first-order chi connectivity index (χ1) is 7.32. The number of hydrogen-bond acceptors (Lipinski definition) is 1. The van der Waals surface area contributed by atoms with Crippen LogP contribution in [0.4, 0.5) is 0 Å². The third-order valence-electron chi connectivity index (χ3n) is 4.40. The third kappa shape index (κ3) is 2.14. The first-order valence-electron chi connectivity index (χ1n) is 6.17. The van der Waals surface area contributed by atoms with E-state index in [9.17, 15) is 4.79 Å². The van der Waals surface area contributed by atoms with Crippen LogP contribution in [0.3, 0.4) is 0 Å². The van der Waals surface area contributed by atoms with Crippen molar-refractivity contribution in [2.45, 2.75) is 47.5 Å². The van der Waals surface area contributed by atoms with E-state index < -0.39 is 0 Å². The van der Waals surface area contributed by atoms with Crippen molar-refractivity contribution < 1.29 is 4.79 Å². The van der Waals surface area contributed by atoms with Crippen molar-refractivity contribution in [2.75, 3.05) is 0 Å². The number of carbonyl (C=O) groups excluding carboxylic acids is 1. The average Bonchev–Trinajstić information content (AvgIpc) is 2.22. The summed E-state index contributed by atoms with van der Waals surface area (Å²) in [7, 11) is 0. The van der Waals surface area contributed by atoms with Gasteiger partial charge in [-0.25, -0.2) is 0 Å². The minimum Gasteiger partial charge on any atom is -0.294 e. The number of allylic oxidation sites excluding steroid dienone is 3. The summed E-state index contributed by atoms with van der Waals surface area (Å²) in [5.41, 5.74) is 2.03. The fourth-order valence-electron chi connectivity index (χ4n) is 2.62. The molecule has 1 aliphatic carbocycles. The van der Waals surface area contributed by atoms with E-state index in [4.69, 9.17) is 0 Å². The summed E-state index contributed by atoms with van der Waals surface area (Å²) in [6, 6.07) is 0. The second-order valence-corrected chi connectivity index (χ2v) is 5.69. The molecule has 0 amide bonds. The van der Waals surface area contributed by atoms with Gasteiger partial charge in [0, 0.05) is 5.92 Å². The van der Waals surface area contributed by atoms with Gasteiger partial charge in [-0.05, 0) is 43.6 Å². The smallest absolute Gasteiger partial charge is 0.165 e. The molecule has 1 aliphatic rings. The Labute approximate surface area is 99.6 Å². The van der Waals surface area contributed by atoms with Gasteiger partial charge in [0.25, 0.3) is 0 Å². The van der Waals surface area contributed by atoms with Gasteiger partial charge in [0.05, 0.1) is 0 Å². The maximum Gasteiger partial charge on any atom is 0.165 e. The molecule has 0 N–H and O–H groups in total. The van der Waals surface area contributed by atoms with Crippen LogP contribution in [0.2, 0.25) is 0 Å². The Morgan fingerprint density at radius 2 is 2.06 bits per heavy atom. The Hall–Kier alpha value is -0.850. The van der Waals surface area contributed by atoms with Gasteiger partial charge in [-0.1, -0.05) is 39.0 Å². The number of Topliss-reactive ketones (excluding diaryl/α,β-unsaturated/α-hetero) is 1. The minimum atomic E-state index is 0.00690. The van der Waals surface area contributed by atoms with Gasteiger partial charge >= 0.3 is 0 Å². The zero-order chi connectivity index (χ0) is 12.5. The molecule has 0 aromatic rings. The molecule has 0 saturated heterocycles. The molecule has 90 valence electrons. The van der Waals surface area contributed by atoms with Crippen LogP contribution >= 0.6 is 0 Å². The molecule has 1 saturated carbocycles. The van der Waals surface area contributed by atoms with E-state index in [1.807, 2.05) is 19.9 Å². The summed E-state index contributed by atoms with van der Waals surface area (Å²) < 4.78 is 0. The van der Waals surface area contributed by atoms with Crippen LogP contribution in [-0.4, -0.2) is 5.78 Å². The molecule has 0 unspecified atom stereocenters. The molecule has 0 aromatic carbocycles. The number of hydrogen-bond donors (Lipinski definition) is 0. The normalized spacial score (nSPS) is 30.3. The van der Waals surface area contributed by atoms with Crippen molar-refractivity contribution in [3.8, 4) is 0 Å². The van der Waals surface area contributed by atoms with Crippen LogP contribution in [0, 0.1) is 17.3 Å². The summed E-state index contributed by atoms with van der Waals surface area (Å²) in [6.07, 6.45) is 4.06. The lowest BCUT2D eigenvalue weighted by atomic mass is 9.59. The molecule has 1 heteroatoms. The summed E-state index contributed by atoms with van der Waals surface area (Å²) in [4.78, 5) is 12.4. The highest BCUT2D eigenvalue weighted by atomic mass is 16.1. The van der Waals surface area contributed by atoms with Gasteiger partial charge in [-0.2, -0.15) is 0 Å². The lowest BCUT2D eigenvalue weighted by Gasteiger charge is -2.44.